The van der Waals surface area contributed by atoms with E-state index in [1.54, 1.807) is 19.3 Å². The minimum atomic E-state index is -2.71. The quantitative estimate of drug-likeness (QED) is 0.386. The molecule has 6 heterocycles. The average Bonchev–Trinajstić information content (AvgIpc) is 3.30. The number of hydrogen-bond acceptors (Lipinski definition) is 8. The van der Waals surface area contributed by atoms with E-state index in [1.807, 2.05) is 30.2 Å². The number of piperazine rings is 1. The van der Waals surface area contributed by atoms with Crippen LogP contribution in [0.15, 0.2) is 37.1 Å². The Labute approximate surface area is 264 Å². The van der Waals surface area contributed by atoms with Gasteiger partial charge in [0.15, 0.2) is 0 Å². The van der Waals surface area contributed by atoms with E-state index in [0.29, 0.717) is 56.5 Å². The van der Waals surface area contributed by atoms with E-state index in [-0.39, 0.29) is 23.7 Å². The highest BCUT2D eigenvalue weighted by atomic mass is 19.3. The summed E-state index contributed by atoms with van der Waals surface area (Å²) in [6.45, 7) is 15.1. The minimum Gasteiger partial charge on any atom is -0.382 e. The second-order valence-electron chi connectivity index (χ2n) is 12.7. The highest BCUT2D eigenvalue weighted by Crippen LogP contribution is 2.52. The molecule has 4 aliphatic rings. The first kappa shape index (κ1) is 31.6. The summed E-state index contributed by atoms with van der Waals surface area (Å²) in [5.74, 6) is 0.540. The van der Waals surface area contributed by atoms with Crippen molar-refractivity contribution < 1.29 is 23.0 Å². The lowest BCUT2D eigenvalue weighted by Crippen LogP contribution is -2.63. The Morgan fingerprint density at radius 3 is 2.64 bits per heavy atom. The third-order valence-corrected chi connectivity index (χ3v) is 9.96. The van der Waals surface area contributed by atoms with Crippen LogP contribution in [0, 0.1) is 6.92 Å². The van der Waals surface area contributed by atoms with Gasteiger partial charge in [0, 0.05) is 101 Å². The molecule has 0 aliphatic carbocycles. The standard InChI is InChI=1S/C34H44F2N6O3/c1-6-8-25-26(41-19-24(20-41)39-13-15-40(16-14-39)29(43)7-2)17-28(38-31(25)33(35)36)42-12-10-34(18-23(42)4)30-22(3)9-11-37-32(30)27(45-34)21-44-5/h6-9,11,17,23-24,27,33H,2,10,12-16,18-21H2,1,3-5H3/b8-6-/t23-,27?,34-/m1/s1. The molecule has 3 fully saturated rings. The van der Waals surface area contributed by atoms with Gasteiger partial charge in [-0.3, -0.25) is 14.7 Å². The van der Waals surface area contributed by atoms with E-state index in [4.69, 9.17) is 9.47 Å². The summed E-state index contributed by atoms with van der Waals surface area (Å²) in [6.07, 6.45) is 5.19. The zero-order valence-electron chi connectivity index (χ0n) is 26.7. The van der Waals surface area contributed by atoms with Gasteiger partial charge in [0.2, 0.25) is 5.91 Å². The maximum Gasteiger partial charge on any atom is 0.281 e. The molecule has 242 valence electrons. The number of methoxy groups -OCH3 is 1. The molecule has 1 spiro atoms. The number of ether oxygens (including phenoxy) is 2. The number of rotatable bonds is 8. The van der Waals surface area contributed by atoms with Crippen molar-refractivity contribution in [2.24, 2.45) is 0 Å². The van der Waals surface area contributed by atoms with Crippen molar-refractivity contribution in [1.29, 1.82) is 0 Å². The lowest BCUT2D eigenvalue weighted by Gasteiger charge is -2.50. The topological polar surface area (TPSA) is 74.3 Å². The van der Waals surface area contributed by atoms with Crippen LogP contribution in [0.5, 0.6) is 0 Å². The van der Waals surface area contributed by atoms with E-state index in [9.17, 15) is 13.6 Å². The summed E-state index contributed by atoms with van der Waals surface area (Å²) in [5, 5.41) is 0. The molecule has 45 heavy (non-hydrogen) atoms. The second-order valence-corrected chi connectivity index (χ2v) is 12.7. The third kappa shape index (κ3) is 5.74. The van der Waals surface area contributed by atoms with Crippen molar-refractivity contribution in [3.05, 3.63) is 65.1 Å². The van der Waals surface area contributed by atoms with Gasteiger partial charge in [0.25, 0.3) is 6.43 Å². The molecule has 0 radical (unpaired) electrons. The number of piperidine rings is 1. The smallest absolute Gasteiger partial charge is 0.281 e. The molecule has 11 heteroatoms. The normalized spacial score (nSPS) is 25.8. The number of aryl methyl sites for hydroxylation is 1. The van der Waals surface area contributed by atoms with Crippen LogP contribution < -0.4 is 9.80 Å². The first-order chi connectivity index (χ1) is 21.7. The zero-order chi connectivity index (χ0) is 31.9. The van der Waals surface area contributed by atoms with Crippen molar-refractivity contribution in [3.63, 3.8) is 0 Å². The molecule has 0 bridgehead atoms. The number of allylic oxidation sites excluding steroid dienone is 1. The lowest BCUT2D eigenvalue weighted by molar-refractivity contribution is -0.128. The SMILES string of the molecule is C=CC(=O)N1CCN(C2CN(c3cc(N4CC[C@]5(C[C@H]4C)OC(COC)c4nccc(C)c45)nc(C(F)F)c3/C=C\C)C2)CC1. The third-order valence-electron chi connectivity index (χ3n) is 9.96. The molecular weight excluding hydrogens is 578 g/mol. The van der Waals surface area contributed by atoms with Gasteiger partial charge in [0.05, 0.1) is 17.9 Å². The Balaban J connectivity index is 1.24. The van der Waals surface area contributed by atoms with Crippen LogP contribution in [-0.4, -0.2) is 97.3 Å². The monoisotopic (exact) mass is 622 g/mol. The lowest BCUT2D eigenvalue weighted by atomic mass is 9.79. The van der Waals surface area contributed by atoms with Gasteiger partial charge in [-0.1, -0.05) is 18.7 Å². The molecule has 0 saturated carbocycles. The van der Waals surface area contributed by atoms with Crippen molar-refractivity contribution in [2.45, 2.75) is 63.8 Å². The van der Waals surface area contributed by atoms with E-state index in [0.717, 1.165) is 48.7 Å². The maximum absolute atomic E-state index is 14.6. The number of carbonyl (C=O) groups excluding carboxylic acids is 1. The Hall–Kier alpha value is -3.41. The zero-order valence-corrected chi connectivity index (χ0v) is 26.7. The van der Waals surface area contributed by atoms with Crippen molar-refractivity contribution in [2.75, 3.05) is 69.3 Å². The molecule has 9 nitrogen and oxygen atoms in total. The van der Waals surface area contributed by atoms with Crippen LogP contribution in [0.25, 0.3) is 6.08 Å². The van der Waals surface area contributed by atoms with E-state index in [1.165, 1.54) is 6.08 Å². The minimum absolute atomic E-state index is 0.00958. The van der Waals surface area contributed by atoms with Gasteiger partial charge in [-0.2, -0.15) is 0 Å². The molecule has 2 aromatic heterocycles. The molecule has 1 unspecified atom stereocenters. The number of nitrogens with zero attached hydrogens (tertiary/aromatic N) is 6. The highest BCUT2D eigenvalue weighted by Gasteiger charge is 2.50. The maximum atomic E-state index is 14.6. The Morgan fingerprint density at radius 2 is 2.00 bits per heavy atom. The summed E-state index contributed by atoms with van der Waals surface area (Å²) >= 11 is 0. The Morgan fingerprint density at radius 1 is 1.24 bits per heavy atom. The Bertz CT molecular complexity index is 1460. The molecule has 3 atom stereocenters. The van der Waals surface area contributed by atoms with Crippen molar-refractivity contribution >= 4 is 23.5 Å². The molecule has 2 aromatic rings. The molecule has 4 aliphatic heterocycles. The summed E-state index contributed by atoms with van der Waals surface area (Å²) < 4.78 is 41.4. The van der Waals surface area contributed by atoms with Crippen LogP contribution >= 0.6 is 0 Å². The molecule has 1 amide bonds. The van der Waals surface area contributed by atoms with Gasteiger partial charge in [-0.15, -0.1) is 0 Å². The van der Waals surface area contributed by atoms with Crippen LogP contribution in [0.2, 0.25) is 0 Å². The number of hydrogen-bond donors (Lipinski definition) is 0. The molecule has 0 aromatic carbocycles. The summed E-state index contributed by atoms with van der Waals surface area (Å²) in [4.78, 5) is 29.9. The number of pyridine rings is 2. The fourth-order valence-corrected chi connectivity index (χ4v) is 7.73. The molecule has 0 N–H and O–H groups in total. The fraction of sp³-hybridized carbons (Fsp3) is 0.559. The second kappa shape index (κ2) is 12.8. The number of aromatic nitrogens is 2. The molecule has 3 saturated heterocycles. The van der Waals surface area contributed by atoms with Crippen molar-refractivity contribution in [3.8, 4) is 0 Å². The van der Waals surface area contributed by atoms with Crippen LogP contribution in [0.3, 0.4) is 0 Å². The summed E-state index contributed by atoms with van der Waals surface area (Å²) in [5.41, 5.74) is 3.82. The van der Waals surface area contributed by atoms with Gasteiger partial charge in [0.1, 0.15) is 17.6 Å². The Kier molecular flexibility index (Phi) is 8.96. The van der Waals surface area contributed by atoms with Gasteiger partial charge in [-0.25, -0.2) is 13.8 Å². The van der Waals surface area contributed by atoms with E-state index < -0.39 is 12.0 Å². The number of carbonyl (C=O) groups is 1. The van der Waals surface area contributed by atoms with E-state index in [2.05, 4.69) is 45.1 Å². The first-order valence-electron chi connectivity index (χ1n) is 15.9. The molecular formula is C34H44F2N6O3. The van der Waals surface area contributed by atoms with E-state index >= 15 is 0 Å². The van der Waals surface area contributed by atoms with Crippen LogP contribution in [0.1, 0.15) is 67.3 Å². The average molecular weight is 623 g/mol. The number of alkyl halides is 2. The number of anilines is 2. The fourth-order valence-electron chi connectivity index (χ4n) is 7.73. The van der Waals surface area contributed by atoms with Crippen LogP contribution in [0.4, 0.5) is 20.3 Å². The van der Waals surface area contributed by atoms with Crippen LogP contribution in [-0.2, 0) is 19.9 Å². The van der Waals surface area contributed by atoms with Gasteiger partial charge in [-0.05, 0) is 44.9 Å². The highest BCUT2D eigenvalue weighted by molar-refractivity contribution is 5.87. The predicted octanol–water partition coefficient (Wildman–Crippen LogP) is 4.88. The summed E-state index contributed by atoms with van der Waals surface area (Å²) in [7, 11) is 1.67. The number of fused-ring (bicyclic) bond motifs is 2. The number of halogens is 2. The largest absolute Gasteiger partial charge is 0.382 e. The number of amides is 1. The summed E-state index contributed by atoms with van der Waals surface area (Å²) in [6, 6.07) is 4.32. The van der Waals surface area contributed by atoms with Crippen molar-refractivity contribution in [1.82, 2.24) is 19.8 Å². The molecule has 6 rings (SSSR count). The van der Waals surface area contributed by atoms with Gasteiger partial charge < -0.3 is 24.2 Å². The predicted molar refractivity (Wildman–Crippen MR) is 171 cm³/mol. The van der Waals surface area contributed by atoms with Gasteiger partial charge >= 0.3 is 0 Å². The first-order valence-corrected chi connectivity index (χ1v) is 15.9.